The van der Waals surface area contributed by atoms with E-state index in [1.165, 1.54) is 0 Å². The summed E-state index contributed by atoms with van der Waals surface area (Å²) in [5.41, 5.74) is 6.77. The normalized spacial score (nSPS) is 11.0. The molecule has 7 rings (SSSR count). The van der Waals surface area contributed by atoms with Gasteiger partial charge in [0.25, 0.3) is 0 Å². The van der Waals surface area contributed by atoms with Crippen LogP contribution in [0.3, 0.4) is 0 Å². The van der Waals surface area contributed by atoms with Gasteiger partial charge in [0, 0.05) is 0 Å². The Morgan fingerprint density at radius 1 is 0.370 bits per heavy atom. The molecule has 4 heteroatoms. The van der Waals surface area contributed by atoms with Gasteiger partial charge in [-0.2, -0.15) is 0 Å². The predicted molar refractivity (Wildman–Crippen MR) is 183 cm³/mol. The molecule has 0 aromatic heterocycles. The Hall–Kier alpha value is -6.00. The molecule has 0 unspecified atom stereocenters. The van der Waals surface area contributed by atoms with Crippen molar-refractivity contribution in [3.05, 3.63) is 180 Å². The Morgan fingerprint density at radius 2 is 0.717 bits per heavy atom. The van der Waals surface area contributed by atoms with E-state index in [0.717, 1.165) is 54.9 Å². The zero-order valence-electron chi connectivity index (χ0n) is 25.1. The van der Waals surface area contributed by atoms with E-state index in [4.69, 9.17) is 9.47 Å². The second-order valence-electron chi connectivity index (χ2n) is 11.1. The van der Waals surface area contributed by atoms with Crippen LogP contribution in [-0.4, -0.2) is 11.9 Å². The van der Waals surface area contributed by atoms with Crippen molar-refractivity contribution >= 4 is 33.5 Å². The van der Waals surface area contributed by atoms with Gasteiger partial charge in [-0.1, -0.05) is 133 Å². The van der Waals surface area contributed by atoms with Gasteiger partial charge in [-0.15, -0.1) is 0 Å². The molecule has 0 saturated carbocycles. The van der Waals surface area contributed by atoms with Crippen molar-refractivity contribution in [3.8, 4) is 22.3 Å². The predicted octanol–water partition coefficient (Wildman–Crippen LogP) is 10.0. The van der Waals surface area contributed by atoms with Crippen LogP contribution in [0.4, 0.5) is 0 Å². The summed E-state index contributed by atoms with van der Waals surface area (Å²) in [5, 5.41) is 4.59. The highest BCUT2D eigenvalue weighted by Gasteiger charge is 2.15. The van der Waals surface area contributed by atoms with Crippen LogP contribution < -0.4 is 0 Å². The second-order valence-corrected chi connectivity index (χ2v) is 11.1. The highest BCUT2D eigenvalue weighted by atomic mass is 16.5. The van der Waals surface area contributed by atoms with E-state index in [2.05, 4.69) is 48.5 Å². The smallest absolute Gasteiger partial charge is 0.338 e. The lowest BCUT2D eigenvalue weighted by atomic mass is 9.95. The third-order valence-electron chi connectivity index (χ3n) is 8.27. The molecule has 0 radical (unpaired) electrons. The largest absolute Gasteiger partial charge is 0.457 e. The van der Waals surface area contributed by atoms with E-state index in [-0.39, 0.29) is 13.2 Å². The number of hydrogen-bond donors (Lipinski definition) is 0. The molecule has 0 atom stereocenters. The first kappa shape index (κ1) is 28.8. The molecule has 0 saturated heterocycles. The number of rotatable bonds is 8. The summed E-state index contributed by atoms with van der Waals surface area (Å²) in [6.07, 6.45) is 0. The minimum atomic E-state index is -0.461. The molecular formula is C42H30O4. The number of carbonyl (C=O) groups is 2. The first-order valence-corrected chi connectivity index (χ1v) is 15.2. The summed E-state index contributed by atoms with van der Waals surface area (Å²) < 4.78 is 11.4. The lowest BCUT2D eigenvalue weighted by Crippen LogP contribution is -2.08. The van der Waals surface area contributed by atoms with Gasteiger partial charge in [-0.05, 0) is 79.2 Å². The highest BCUT2D eigenvalue weighted by Crippen LogP contribution is 2.33. The Labute approximate surface area is 267 Å². The van der Waals surface area contributed by atoms with E-state index in [1.807, 2.05) is 84.9 Å². The number of carbonyl (C=O) groups excluding carboxylic acids is 2. The molecule has 7 aromatic rings. The molecule has 0 fully saturated rings. The molecule has 0 bridgehead atoms. The van der Waals surface area contributed by atoms with Crippen LogP contribution in [0.15, 0.2) is 158 Å². The van der Waals surface area contributed by atoms with Crippen LogP contribution in [0.2, 0.25) is 0 Å². The van der Waals surface area contributed by atoms with Crippen LogP contribution in [0, 0.1) is 0 Å². The zero-order valence-corrected chi connectivity index (χ0v) is 25.1. The molecule has 222 valence electrons. The van der Waals surface area contributed by atoms with E-state index in [9.17, 15) is 9.59 Å². The van der Waals surface area contributed by atoms with Crippen molar-refractivity contribution < 1.29 is 19.1 Å². The Kier molecular flexibility index (Phi) is 8.08. The number of fused-ring (bicyclic) bond motifs is 2. The van der Waals surface area contributed by atoms with Crippen molar-refractivity contribution in [3.63, 3.8) is 0 Å². The molecule has 0 amide bonds. The summed E-state index contributed by atoms with van der Waals surface area (Å²) >= 11 is 0. The lowest BCUT2D eigenvalue weighted by Gasteiger charge is -2.13. The molecule has 0 N–H and O–H groups in total. The Bertz CT molecular complexity index is 2030. The van der Waals surface area contributed by atoms with Crippen LogP contribution >= 0.6 is 0 Å². The van der Waals surface area contributed by atoms with Gasteiger partial charge >= 0.3 is 11.9 Å². The van der Waals surface area contributed by atoms with Crippen molar-refractivity contribution in [1.29, 1.82) is 0 Å². The summed E-state index contributed by atoms with van der Waals surface area (Å²) in [4.78, 5) is 26.0. The number of ether oxygens (including phenoxy) is 2. The number of benzene rings is 7. The van der Waals surface area contributed by atoms with Crippen molar-refractivity contribution in [2.75, 3.05) is 0 Å². The fraction of sp³-hybridized carbons (Fsp3) is 0.0476. The van der Waals surface area contributed by atoms with Gasteiger partial charge < -0.3 is 9.47 Å². The molecular weight excluding hydrogens is 568 g/mol. The highest BCUT2D eigenvalue weighted by molar-refractivity contribution is 5.99. The van der Waals surface area contributed by atoms with Crippen molar-refractivity contribution in [2.45, 2.75) is 13.2 Å². The molecule has 4 nitrogen and oxygen atoms in total. The zero-order chi connectivity index (χ0) is 31.3. The summed E-state index contributed by atoms with van der Waals surface area (Å²) in [6, 6.07) is 51.2. The van der Waals surface area contributed by atoms with Gasteiger partial charge in [0.05, 0.1) is 11.1 Å². The molecule has 0 heterocycles. The van der Waals surface area contributed by atoms with Crippen molar-refractivity contribution in [1.82, 2.24) is 0 Å². The SMILES string of the molecule is O=C(OCc1ccccc1-c1cccc2ccccc12)c1ccc(C(=O)OCc2ccccc2-c2cccc3ccccc23)cc1. The third-order valence-corrected chi connectivity index (χ3v) is 8.27. The quantitative estimate of drug-likeness (QED) is 0.163. The lowest BCUT2D eigenvalue weighted by molar-refractivity contribution is 0.0459. The third kappa shape index (κ3) is 5.89. The maximum atomic E-state index is 13.0. The minimum absolute atomic E-state index is 0.123. The van der Waals surface area contributed by atoms with E-state index < -0.39 is 11.9 Å². The van der Waals surface area contributed by atoms with Crippen LogP contribution in [0.25, 0.3) is 43.8 Å². The standard InChI is InChI=1S/C42H30O4/c43-41(45-27-33-13-3-7-19-37(33)39-21-9-15-29-11-1-5-17-35(29)39)31-23-25-32(26-24-31)42(44)46-28-34-14-4-8-20-38(34)40-22-10-16-30-12-2-6-18-36(30)40/h1-26H,27-28H2. The fourth-order valence-electron chi connectivity index (χ4n) is 5.93. The van der Waals surface area contributed by atoms with Crippen LogP contribution in [0.5, 0.6) is 0 Å². The summed E-state index contributed by atoms with van der Waals surface area (Å²) in [5.74, 6) is -0.923. The molecule has 7 aromatic carbocycles. The van der Waals surface area contributed by atoms with E-state index in [1.54, 1.807) is 24.3 Å². The molecule has 0 spiro atoms. The van der Waals surface area contributed by atoms with Gasteiger partial charge in [0.15, 0.2) is 0 Å². The molecule has 0 aliphatic heterocycles. The monoisotopic (exact) mass is 598 g/mol. The molecule has 0 aliphatic rings. The number of hydrogen-bond acceptors (Lipinski definition) is 4. The number of esters is 2. The summed E-state index contributed by atoms with van der Waals surface area (Å²) in [7, 11) is 0. The molecule has 0 aliphatic carbocycles. The van der Waals surface area contributed by atoms with E-state index in [0.29, 0.717) is 11.1 Å². The first-order chi connectivity index (χ1) is 22.7. The van der Waals surface area contributed by atoms with Gasteiger partial charge in [-0.3, -0.25) is 0 Å². The maximum absolute atomic E-state index is 13.0. The minimum Gasteiger partial charge on any atom is -0.457 e. The second kappa shape index (κ2) is 12.9. The maximum Gasteiger partial charge on any atom is 0.338 e. The average molecular weight is 599 g/mol. The molecule has 46 heavy (non-hydrogen) atoms. The van der Waals surface area contributed by atoms with Crippen LogP contribution in [-0.2, 0) is 22.7 Å². The van der Waals surface area contributed by atoms with Gasteiger partial charge in [-0.25, -0.2) is 9.59 Å². The topological polar surface area (TPSA) is 52.6 Å². The van der Waals surface area contributed by atoms with Gasteiger partial charge in [0.1, 0.15) is 13.2 Å². The fourth-order valence-corrected chi connectivity index (χ4v) is 5.93. The van der Waals surface area contributed by atoms with E-state index >= 15 is 0 Å². The van der Waals surface area contributed by atoms with Gasteiger partial charge in [0.2, 0.25) is 0 Å². The average Bonchev–Trinajstić information content (AvgIpc) is 3.12. The summed E-state index contributed by atoms with van der Waals surface area (Å²) in [6.45, 7) is 0.246. The first-order valence-electron chi connectivity index (χ1n) is 15.2. The Morgan fingerprint density at radius 3 is 1.17 bits per heavy atom. The van der Waals surface area contributed by atoms with Crippen molar-refractivity contribution in [2.24, 2.45) is 0 Å². The van der Waals surface area contributed by atoms with Crippen LogP contribution in [0.1, 0.15) is 31.8 Å². The Balaban J connectivity index is 1.02.